The van der Waals surface area contributed by atoms with Crippen LogP contribution >= 0.6 is 0 Å². The molecular formula is C23H21FN2O. The van der Waals surface area contributed by atoms with Crippen molar-refractivity contribution in [3.05, 3.63) is 96.8 Å². The molecule has 0 bridgehead atoms. The SMILES string of the molecule is Fc1ccc(OCCC(Cn2ccnc2)c2ccc3ccccc3c2)cc1. The van der Waals surface area contributed by atoms with Crippen molar-refractivity contribution in [3.8, 4) is 5.75 Å². The minimum absolute atomic E-state index is 0.253. The molecular weight excluding hydrogens is 339 g/mol. The summed E-state index contributed by atoms with van der Waals surface area (Å²) in [5.74, 6) is 0.733. The Hall–Kier alpha value is -3.14. The summed E-state index contributed by atoms with van der Waals surface area (Å²) in [7, 11) is 0. The number of aromatic nitrogens is 2. The van der Waals surface area contributed by atoms with Crippen LogP contribution in [0.15, 0.2) is 85.5 Å². The van der Waals surface area contributed by atoms with E-state index in [0.29, 0.717) is 18.3 Å². The Bertz CT molecular complexity index is 997. The van der Waals surface area contributed by atoms with Crippen molar-refractivity contribution < 1.29 is 9.13 Å². The van der Waals surface area contributed by atoms with Gasteiger partial charge in [-0.1, -0.05) is 42.5 Å². The Morgan fingerprint density at radius 1 is 0.963 bits per heavy atom. The zero-order chi connectivity index (χ0) is 18.5. The first kappa shape index (κ1) is 17.3. The summed E-state index contributed by atoms with van der Waals surface area (Å²) in [5.41, 5.74) is 1.28. The molecule has 3 aromatic carbocycles. The van der Waals surface area contributed by atoms with Gasteiger partial charge in [-0.3, -0.25) is 0 Å². The zero-order valence-electron chi connectivity index (χ0n) is 15.0. The van der Waals surface area contributed by atoms with Gasteiger partial charge in [0.25, 0.3) is 0 Å². The fourth-order valence-electron chi connectivity index (χ4n) is 3.32. The fourth-order valence-corrected chi connectivity index (χ4v) is 3.32. The van der Waals surface area contributed by atoms with Crippen molar-refractivity contribution >= 4 is 10.8 Å². The maximum absolute atomic E-state index is 13.0. The maximum Gasteiger partial charge on any atom is 0.123 e. The van der Waals surface area contributed by atoms with Crippen LogP contribution in [-0.4, -0.2) is 16.2 Å². The quantitative estimate of drug-likeness (QED) is 0.439. The predicted molar refractivity (Wildman–Crippen MR) is 105 cm³/mol. The molecule has 4 heteroatoms. The lowest BCUT2D eigenvalue weighted by molar-refractivity contribution is 0.290. The molecule has 0 amide bonds. The summed E-state index contributed by atoms with van der Waals surface area (Å²) in [5, 5.41) is 2.48. The average molecular weight is 360 g/mol. The molecule has 136 valence electrons. The van der Waals surface area contributed by atoms with Crippen LogP contribution in [0.1, 0.15) is 17.9 Å². The molecule has 0 fully saturated rings. The third-order valence-corrected chi connectivity index (χ3v) is 4.78. The fraction of sp³-hybridized carbons (Fsp3) is 0.174. The van der Waals surface area contributed by atoms with E-state index in [-0.39, 0.29) is 5.82 Å². The average Bonchev–Trinajstić information content (AvgIpc) is 3.21. The van der Waals surface area contributed by atoms with Crippen LogP contribution in [-0.2, 0) is 6.54 Å². The molecule has 0 aliphatic heterocycles. The molecule has 0 radical (unpaired) electrons. The number of halogens is 1. The van der Waals surface area contributed by atoms with Crippen molar-refractivity contribution in [2.75, 3.05) is 6.61 Å². The van der Waals surface area contributed by atoms with Crippen molar-refractivity contribution in [1.82, 2.24) is 9.55 Å². The smallest absolute Gasteiger partial charge is 0.123 e. The number of hydrogen-bond acceptors (Lipinski definition) is 2. The summed E-state index contributed by atoms with van der Waals surface area (Å²) in [6.45, 7) is 1.41. The number of imidazole rings is 1. The molecule has 0 aliphatic carbocycles. The second-order valence-corrected chi connectivity index (χ2v) is 6.65. The Balaban J connectivity index is 1.51. The van der Waals surface area contributed by atoms with Gasteiger partial charge in [-0.05, 0) is 47.0 Å². The third kappa shape index (κ3) is 4.34. The number of benzene rings is 3. The number of nitrogens with zero attached hydrogens (tertiary/aromatic N) is 2. The molecule has 27 heavy (non-hydrogen) atoms. The topological polar surface area (TPSA) is 27.1 Å². The highest BCUT2D eigenvalue weighted by atomic mass is 19.1. The van der Waals surface area contributed by atoms with Crippen LogP contribution in [0, 0.1) is 5.82 Å². The lowest BCUT2D eigenvalue weighted by atomic mass is 9.93. The Morgan fingerprint density at radius 3 is 2.56 bits per heavy atom. The molecule has 0 N–H and O–H groups in total. The van der Waals surface area contributed by atoms with Crippen LogP contribution in [0.2, 0.25) is 0 Å². The highest BCUT2D eigenvalue weighted by Gasteiger charge is 2.13. The van der Waals surface area contributed by atoms with Crippen molar-refractivity contribution in [1.29, 1.82) is 0 Å². The van der Waals surface area contributed by atoms with E-state index in [4.69, 9.17) is 4.74 Å². The van der Waals surface area contributed by atoms with E-state index in [1.54, 1.807) is 18.3 Å². The third-order valence-electron chi connectivity index (χ3n) is 4.78. The van der Waals surface area contributed by atoms with Gasteiger partial charge in [0.2, 0.25) is 0 Å². The van der Waals surface area contributed by atoms with Crippen LogP contribution in [0.5, 0.6) is 5.75 Å². The molecule has 0 saturated carbocycles. The van der Waals surface area contributed by atoms with Crippen LogP contribution < -0.4 is 4.74 Å². The maximum atomic E-state index is 13.0. The lowest BCUT2D eigenvalue weighted by Crippen LogP contribution is -2.12. The monoisotopic (exact) mass is 360 g/mol. The van der Waals surface area contributed by atoms with E-state index in [9.17, 15) is 4.39 Å². The molecule has 0 saturated heterocycles. The Kier molecular flexibility index (Phi) is 5.15. The van der Waals surface area contributed by atoms with E-state index in [1.165, 1.54) is 28.5 Å². The van der Waals surface area contributed by atoms with Gasteiger partial charge in [0, 0.05) is 24.9 Å². The number of hydrogen-bond donors (Lipinski definition) is 0. The molecule has 3 nitrogen and oxygen atoms in total. The number of ether oxygens (including phenoxy) is 1. The van der Waals surface area contributed by atoms with Crippen LogP contribution in [0.4, 0.5) is 4.39 Å². The van der Waals surface area contributed by atoms with E-state index in [0.717, 1.165) is 13.0 Å². The first-order valence-electron chi connectivity index (χ1n) is 9.11. The van der Waals surface area contributed by atoms with Crippen LogP contribution in [0.25, 0.3) is 10.8 Å². The molecule has 1 heterocycles. The summed E-state index contributed by atoms with van der Waals surface area (Å²) in [4.78, 5) is 4.15. The molecule has 0 spiro atoms. The van der Waals surface area contributed by atoms with Gasteiger partial charge < -0.3 is 9.30 Å². The van der Waals surface area contributed by atoms with Crippen molar-refractivity contribution in [2.45, 2.75) is 18.9 Å². The molecule has 1 unspecified atom stereocenters. The standard InChI is InChI=1S/C23H21FN2O/c24-22-7-9-23(10-8-22)27-14-11-21(16-26-13-12-25-17-26)20-6-5-18-3-1-2-4-19(18)15-20/h1-10,12-13,15,17,21H,11,14,16H2. The number of rotatable bonds is 7. The van der Waals surface area contributed by atoms with Crippen molar-refractivity contribution in [3.63, 3.8) is 0 Å². The minimum atomic E-state index is -0.253. The summed E-state index contributed by atoms with van der Waals surface area (Å²) in [6, 6.07) is 21.2. The first-order valence-corrected chi connectivity index (χ1v) is 9.11. The number of fused-ring (bicyclic) bond motifs is 1. The van der Waals surface area contributed by atoms with Gasteiger partial charge in [0.15, 0.2) is 0 Å². The van der Waals surface area contributed by atoms with E-state index in [2.05, 4.69) is 52.0 Å². The first-order chi connectivity index (χ1) is 13.3. The van der Waals surface area contributed by atoms with Crippen molar-refractivity contribution in [2.24, 2.45) is 0 Å². The zero-order valence-corrected chi connectivity index (χ0v) is 15.0. The van der Waals surface area contributed by atoms with E-state index in [1.807, 2.05) is 12.5 Å². The summed E-state index contributed by atoms with van der Waals surface area (Å²) >= 11 is 0. The van der Waals surface area contributed by atoms with Gasteiger partial charge in [0.1, 0.15) is 11.6 Å². The molecule has 4 aromatic rings. The van der Waals surface area contributed by atoms with E-state index >= 15 is 0 Å². The molecule has 4 rings (SSSR count). The van der Waals surface area contributed by atoms with Gasteiger partial charge in [-0.2, -0.15) is 0 Å². The predicted octanol–water partition coefficient (Wildman–Crippen LogP) is 5.43. The second kappa shape index (κ2) is 8.04. The van der Waals surface area contributed by atoms with Crippen LogP contribution in [0.3, 0.4) is 0 Å². The molecule has 0 aliphatic rings. The highest BCUT2D eigenvalue weighted by Crippen LogP contribution is 2.26. The Morgan fingerprint density at radius 2 is 1.78 bits per heavy atom. The summed E-state index contributed by atoms with van der Waals surface area (Å²) in [6.07, 6.45) is 6.48. The van der Waals surface area contributed by atoms with Gasteiger partial charge >= 0.3 is 0 Å². The molecule has 1 atom stereocenters. The van der Waals surface area contributed by atoms with Gasteiger partial charge in [-0.15, -0.1) is 0 Å². The van der Waals surface area contributed by atoms with E-state index < -0.39 is 0 Å². The second-order valence-electron chi connectivity index (χ2n) is 6.65. The summed E-state index contributed by atoms with van der Waals surface area (Å²) < 4.78 is 21.0. The lowest BCUT2D eigenvalue weighted by Gasteiger charge is -2.19. The minimum Gasteiger partial charge on any atom is -0.494 e. The molecule has 1 aromatic heterocycles. The van der Waals surface area contributed by atoms with Gasteiger partial charge in [-0.25, -0.2) is 9.37 Å². The Labute approximate surface area is 158 Å². The highest BCUT2D eigenvalue weighted by molar-refractivity contribution is 5.83. The van der Waals surface area contributed by atoms with Gasteiger partial charge in [0.05, 0.1) is 12.9 Å². The largest absolute Gasteiger partial charge is 0.494 e. The normalized spacial score (nSPS) is 12.2.